The number of aromatic nitrogens is 1. The number of benzene rings is 3. The van der Waals surface area contributed by atoms with Gasteiger partial charge in [0.1, 0.15) is 5.60 Å². The van der Waals surface area contributed by atoms with Gasteiger partial charge in [-0.05, 0) is 53.1 Å². The number of aliphatic hydroxyl groups is 1. The second-order valence-corrected chi connectivity index (χ2v) is 8.75. The highest BCUT2D eigenvalue weighted by Crippen LogP contribution is 2.46. The van der Waals surface area contributed by atoms with Gasteiger partial charge in [-0.2, -0.15) is 0 Å². The summed E-state index contributed by atoms with van der Waals surface area (Å²) in [6.45, 7) is 0. The first-order valence-electron chi connectivity index (χ1n) is 11.1. The summed E-state index contributed by atoms with van der Waals surface area (Å²) in [7, 11) is 8.06. The van der Waals surface area contributed by atoms with Crippen LogP contribution in [0.25, 0.3) is 0 Å². The molecule has 1 unspecified atom stereocenters. The summed E-state index contributed by atoms with van der Waals surface area (Å²) in [5.41, 5.74) is 4.31. The monoisotopic (exact) mass is 437 g/mol. The molecule has 0 aliphatic heterocycles. The van der Waals surface area contributed by atoms with Gasteiger partial charge in [0.2, 0.25) is 0 Å². The maximum absolute atomic E-state index is 12.7. The van der Waals surface area contributed by atoms with Gasteiger partial charge in [0.15, 0.2) is 0 Å². The third kappa shape index (κ3) is 4.48. The van der Waals surface area contributed by atoms with Crippen molar-refractivity contribution >= 4 is 11.4 Å². The van der Waals surface area contributed by atoms with Crippen LogP contribution in [-0.2, 0) is 5.60 Å². The zero-order valence-corrected chi connectivity index (χ0v) is 19.7. The van der Waals surface area contributed by atoms with Crippen molar-refractivity contribution in [3.8, 4) is 0 Å². The number of hydrogen-bond acceptors (Lipinski definition) is 4. The van der Waals surface area contributed by atoms with Crippen LogP contribution >= 0.6 is 0 Å². The van der Waals surface area contributed by atoms with Crippen LogP contribution in [0.4, 0.5) is 11.4 Å². The van der Waals surface area contributed by atoms with Crippen molar-refractivity contribution in [3.63, 3.8) is 0 Å². The largest absolute Gasteiger partial charge is 0.379 e. The van der Waals surface area contributed by atoms with Gasteiger partial charge in [0, 0.05) is 45.8 Å². The van der Waals surface area contributed by atoms with Crippen molar-refractivity contribution in [1.82, 2.24) is 4.98 Å². The third-order valence-electron chi connectivity index (χ3n) is 6.18. The molecule has 0 bridgehead atoms. The van der Waals surface area contributed by atoms with Crippen molar-refractivity contribution < 1.29 is 5.11 Å². The average Bonchev–Trinajstić information content (AvgIpc) is 2.85. The summed E-state index contributed by atoms with van der Waals surface area (Å²) in [6.07, 6.45) is 1.79. The lowest BCUT2D eigenvalue weighted by molar-refractivity contribution is 0.0612. The SMILES string of the molecule is CN(C)c1ccc(C(O)(c2ccc(N(C)C)cc2)C(c2ccccc2)c2ccccn2)cc1. The molecule has 0 fully saturated rings. The Bertz CT molecular complexity index is 1060. The molecule has 1 N–H and O–H groups in total. The van der Waals surface area contributed by atoms with Gasteiger partial charge in [-0.15, -0.1) is 0 Å². The highest BCUT2D eigenvalue weighted by atomic mass is 16.3. The zero-order chi connectivity index (χ0) is 23.4. The molecule has 0 saturated heterocycles. The van der Waals surface area contributed by atoms with E-state index in [0.29, 0.717) is 0 Å². The normalized spacial score (nSPS) is 12.3. The summed E-state index contributed by atoms with van der Waals surface area (Å²) in [5, 5.41) is 12.7. The molecule has 4 heteroatoms. The Morgan fingerprint density at radius 2 is 1.12 bits per heavy atom. The fourth-order valence-electron chi connectivity index (χ4n) is 4.35. The molecule has 1 heterocycles. The van der Waals surface area contributed by atoms with Gasteiger partial charge >= 0.3 is 0 Å². The van der Waals surface area contributed by atoms with Crippen LogP contribution in [0, 0.1) is 0 Å². The van der Waals surface area contributed by atoms with Crippen molar-refractivity contribution in [1.29, 1.82) is 0 Å². The van der Waals surface area contributed by atoms with E-state index in [-0.39, 0.29) is 0 Å². The Hall–Kier alpha value is -3.63. The van der Waals surface area contributed by atoms with Crippen molar-refractivity contribution in [2.75, 3.05) is 38.0 Å². The molecule has 0 amide bonds. The van der Waals surface area contributed by atoms with Gasteiger partial charge < -0.3 is 14.9 Å². The first kappa shape index (κ1) is 22.6. The summed E-state index contributed by atoms with van der Waals surface area (Å²) in [4.78, 5) is 8.80. The molecule has 0 radical (unpaired) electrons. The Labute approximate surface area is 196 Å². The second-order valence-electron chi connectivity index (χ2n) is 8.75. The van der Waals surface area contributed by atoms with Crippen molar-refractivity contribution in [3.05, 3.63) is 126 Å². The van der Waals surface area contributed by atoms with E-state index < -0.39 is 11.5 Å². The summed E-state index contributed by atoms with van der Waals surface area (Å²) >= 11 is 0. The first-order valence-corrected chi connectivity index (χ1v) is 11.1. The van der Waals surface area contributed by atoms with E-state index in [9.17, 15) is 5.11 Å². The van der Waals surface area contributed by atoms with E-state index in [2.05, 4.69) is 51.2 Å². The van der Waals surface area contributed by atoms with Crippen molar-refractivity contribution in [2.24, 2.45) is 0 Å². The van der Waals surface area contributed by atoms with Crippen LogP contribution in [0.5, 0.6) is 0 Å². The zero-order valence-electron chi connectivity index (χ0n) is 19.7. The minimum absolute atomic E-state index is 0.393. The number of pyridine rings is 1. The fraction of sp³-hybridized carbons (Fsp3) is 0.207. The van der Waals surface area contributed by atoms with E-state index in [4.69, 9.17) is 0 Å². The highest BCUT2D eigenvalue weighted by Gasteiger charge is 2.43. The van der Waals surface area contributed by atoms with Gasteiger partial charge in [-0.1, -0.05) is 60.7 Å². The van der Waals surface area contributed by atoms with Crippen LogP contribution in [0.2, 0.25) is 0 Å². The second kappa shape index (κ2) is 9.47. The molecular formula is C29H31N3O. The summed E-state index contributed by atoms with van der Waals surface area (Å²) in [5.74, 6) is -0.393. The fourth-order valence-corrected chi connectivity index (χ4v) is 4.35. The minimum atomic E-state index is -1.33. The molecule has 1 atom stereocenters. The number of anilines is 2. The van der Waals surface area contributed by atoms with E-state index in [1.165, 1.54) is 0 Å². The lowest BCUT2D eigenvalue weighted by Gasteiger charge is -2.38. The number of hydrogen-bond donors (Lipinski definition) is 1. The molecule has 168 valence electrons. The van der Waals surface area contributed by atoms with E-state index in [0.717, 1.165) is 33.8 Å². The summed E-state index contributed by atoms with van der Waals surface area (Å²) < 4.78 is 0. The van der Waals surface area contributed by atoms with E-state index in [1.54, 1.807) is 6.20 Å². The van der Waals surface area contributed by atoms with E-state index in [1.807, 2.05) is 88.9 Å². The number of nitrogens with zero attached hydrogens (tertiary/aromatic N) is 3. The van der Waals surface area contributed by atoms with Crippen LogP contribution < -0.4 is 9.80 Å². The third-order valence-corrected chi connectivity index (χ3v) is 6.18. The lowest BCUT2D eigenvalue weighted by Crippen LogP contribution is -2.36. The Kier molecular flexibility index (Phi) is 6.47. The van der Waals surface area contributed by atoms with Crippen LogP contribution in [0.15, 0.2) is 103 Å². The molecular weight excluding hydrogens is 406 g/mol. The van der Waals surface area contributed by atoms with Crippen LogP contribution in [0.3, 0.4) is 0 Å². The van der Waals surface area contributed by atoms with Gasteiger partial charge in [0.25, 0.3) is 0 Å². The number of rotatable bonds is 7. The Morgan fingerprint density at radius 1 is 0.636 bits per heavy atom. The predicted octanol–water partition coefficient (Wildman–Crippen LogP) is 5.28. The molecule has 0 saturated carbocycles. The Balaban J connectivity index is 1.97. The molecule has 33 heavy (non-hydrogen) atoms. The smallest absolute Gasteiger partial charge is 0.127 e. The maximum atomic E-state index is 12.7. The van der Waals surface area contributed by atoms with Crippen LogP contribution in [-0.4, -0.2) is 38.3 Å². The molecule has 0 aliphatic rings. The van der Waals surface area contributed by atoms with E-state index >= 15 is 0 Å². The van der Waals surface area contributed by atoms with Gasteiger partial charge in [-0.25, -0.2) is 0 Å². The average molecular weight is 438 g/mol. The topological polar surface area (TPSA) is 39.6 Å². The quantitative estimate of drug-likeness (QED) is 0.427. The van der Waals surface area contributed by atoms with Crippen LogP contribution in [0.1, 0.15) is 28.3 Å². The van der Waals surface area contributed by atoms with Gasteiger partial charge in [0.05, 0.1) is 11.6 Å². The minimum Gasteiger partial charge on any atom is -0.379 e. The molecule has 4 aromatic rings. The molecule has 0 aliphatic carbocycles. The summed E-state index contributed by atoms with van der Waals surface area (Å²) in [6, 6.07) is 32.3. The molecule has 3 aromatic carbocycles. The lowest BCUT2D eigenvalue weighted by atomic mass is 9.71. The molecule has 0 spiro atoms. The molecule has 4 rings (SSSR count). The maximum Gasteiger partial charge on any atom is 0.127 e. The first-order chi connectivity index (χ1) is 15.9. The molecule has 4 nitrogen and oxygen atoms in total. The predicted molar refractivity (Wildman–Crippen MR) is 137 cm³/mol. The standard InChI is InChI=1S/C29H31N3O/c1-31(2)25-17-13-23(14-18-25)29(33,24-15-19-26(20-16-24)32(3)4)28(22-10-6-5-7-11-22)27-12-8-9-21-30-27/h5-21,28,33H,1-4H3. The van der Waals surface area contributed by atoms with Crippen molar-refractivity contribution in [2.45, 2.75) is 11.5 Å². The van der Waals surface area contributed by atoms with Gasteiger partial charge in [-0.3, -0.25) is 4.98 Å². The molecule has 1 aromatic heterocycles. The highest BCUT2D eigenvalue weighted by molar-refractivity contribution is 5.54. The Morgan fingerprint density at radius 3 is 1.55 bits per heavy atom.